The van der Waals surface area contributed by atoms with Crippen molar-refractivity contribution in [2.45, 2.75) is 450 Å². The fourth-order valence-corrected chi connectivity index (χ4v) is 13.6. The third kappa shape index (κ3) is 89.0. The van der Waals surface area contributed by atoms with Gasteiger partial charge in [-0.25, -0.2) is 0 Å². The number of carboxylic acid groups (broad SMARTS) is 1. The molecule has 9 heteroatoms. The minimum absolute atomic E-state index is 0.148. The van der Waals surface area contributed by atoms with Gasteiger partial charge in [0.1, 0.15) is 13.2 Å². The number of carboxylic acids is 1. The quantitative estimate of drug-likeness (QED) is 0.0195. The summed E-state index contributed by atoms with van der Waals surface area (Å²) in [6.45, 7) is 4.68. The zero-order chi connectivity index (χ0) is 77.4. The Morgan fingerprint density at radius 2 is 0.533 bits per heavy atom. The van der Waals surface area contributed by atoms with Crippen LogP contribution in [0.5, 0.6) is 0 Å². The highest BCUT2D eigenvalue weighted by atomic mass is 16.7. The van der Waals surface area contributed by atoms with Crippen molar-refractivity contribution in [3.05, 3.63) is 109 Å². The van der Waals surface area contributed by atoms with Gasteiger partial charge in [-0.15, -0.1) is 0 Å². The van der Waals surface area contributed by atoms with Gasteiger partial charge in [-0.1, -0.05) is 431 Å². The highest BCUT2D eigenvalue weighted by Crippen LogP contribution is 2.20. The number of aliphatic carboxylic acids is 1. The molecule has 0 rings (SSSR count). The largest absolute Gasteiger partial charge is 0.545 e. The first-order valence-electron chi connectivity index (χ1n) is 46.0. The number of unbranched alkanes of at least 4 members (excludes halogenated alkanes) is 53. The van der Waals surface area contributed by atoms with Crippen LogP contribution in [0.2, 0.25) is 0 Å². The van der Waals surface area contributed by atoms with Gasteiger partial charge in [0.25, 0.3) is 0 Å². The molecule has 2 unspecified atom stereocenters. The number of carbonyl (C=O) groups excluding carboxylic acids is 3. The van der Waals surface area contributed by atoms with Crippen LogP contribution in [-0.4, -0.2) is 82.3 Å². The highest BCUT2D eigenvalue weighted by Gasteiger charge is 2.22. The molecule has 0 aromatic carbocycles. The van der Waals surface area contributed by atoms with Gasteiger partial charge >= 0.3 is 11.9 Å². The Hall–Kier alpha value is -4.05. The lowest BCUT2D eigenvalue weighted by Gasteiger charge is -2.26. The van der Waals surface area contributed by atoms with Crippen molar-refractivity contribution in [2.24, 2.45) is 0 Å². The van der Waals surface area contributed by atoms with Crippen molar-refractivity contribution < 1.29 is 42.9 Å². The molecule has 620 valence electrons. The van der Waals surface area contributed by atoms with Crippen LogP contribution in [0.1, 0.15) is 438 Å². The number of nitrogens with zero attached hydrogens (tertiary/aromatic N) is 1. The van der Waals surface area contributed by atoms with Gasteiger partial charge in [0.2, 0.25) is 0 Å². The summed E-state index contributed by atoms with van der Waals surface area (Å²) in [7, 11) is 5.95. The van der Waals surface area contributed by atoms with Crippen molar-refractivity contribution in [3.63, 3.8) is 0 Å². The first-order valence-corrected chi connectivity index (χ1v) is 46.0. The molecule has 0 spiro atoms. The second-order valence-electron chi connectivity index (χ2n) is 32.2. The molecule has 9 nitrogen and oxygen atoms in total. The Morgan fingerprint density at radius 3 is 0.794 bits per heavy atom. The number of rotatable bonds is 86. The van der Waals surface area contributed by atoms with E-state index in [2.05, 4.69) is 123 Å². The average Bonchev–Trinajstić information content (AvgIpc) is 0.965. The molecule has 107 heavy (non-hydrogen) atoms. The van der Waals surface area contributed by atoms with E-state index in [1.807, 2.05) is 21.1 Å². The summed E-state index contributed by atoms with van der Waals surface area (Å²) in [5.74, 6) is -2.25. The minimum atomic E-state index is -1.62. The van der Waals surface area contributed by atoms with Crippen molar-refractivity contribution >= 4 is 17.9 Å². The maximum absolute atomic E-state index is 13.0. The predicted octanol–water partition coefficient (Wildman–Crippen LogP) is 29.0. The van der Waals surface area contributed by atoms with Gasteiger partial charge in [-0.3, -0.25) is 9.59 Å². The molecule has 0 aromatic rings. The van der Waals surface area contributed by atoms with Crippen LogP contribution in [0.3, 0.4) is 0 Å². The van der Waals surface area contributed by atoms with E-state index in [-0.39, 0.29) is 32.2 Å². The van der Waals surface area contributed by atoms with Crippen LogP contribution in [-0.2, 0) is 33.3 Å². The van der Waals surface area contributed by atoms with Crippen molar-refractivity contribution in [3.8, 4) is 0 Å². The Balaban J connectivity index is 3.91. The molecule has 0 N–H and O–H groups in total. The monoisotopic (exact) mass is 1490 g/mol. The number of carbonyl (C=O) groups is 3. The Morgan fingerprint density at radius 1 is 0.290 bits per heavy atom. The second-order valence-corrected chi connectivity index (χ2v) is 32.2. The summed E-state index contributed by atoms with van der Waals surface area (Å²) in [4.78, 5) is 37.7. The van der Waals surface area contributed by atoms with Gasteiger partial charge < -0.3 is 33.3 Å². The van der Waals surface area contributed by atoms with Crippen LogP contribution in [0.4, 0.5) is 0 Å². The normalized spacial score (nSPS) is 13.1. The average molecular weight is 1500 g/mol. The van der Waals surface area contributed by atoms with E-state index >= 15 is 0 Å². The lowest BCUT2D eigenvalue weighted by Crippen LogP contribution is -2.44. The van der Waals surface area contributed by atoms with E-state index in [4.69, 9.17) is 18.9 Å². The third-order valence-electron chi connectivity index (χ3n) is 20.5. The smallest absolute Gasteiger partial charge is 0.306 e. The molecule has 0 aromatic heterocycles. The molecule has 0 aliphatic heterocycles. The number of hydrogen-bond acceptors (Lipinski definition) is 8. The summed E-state index contributed by atoms with van der Waals surface area (Å²) >= 11 is 0. The summed E-state index contributed by atoms with van der Waals surface area (Å²) in [6, 6.07) is 0. The Bertz CT molecular complexity index is 2140. The molecule has 0 radical (unpaired) electrons. The molecule has 0 aliphatic rings. The maximum Gasteiger partial charge on any atom is 0.306 e. The first-order chi connectivity index (χ1) is 52.6. The summed E-state index contributed by atoms with van der Waals surface area (Å²) in [6.07, 6.45) is 121. The number of likely N-dealkylation sites (N-methyl/N-ethyl adjacent to an activating group) is 1. The first kappa shape index (κ1) is 103. The van der Waals surface area contributed by atoms with E-state index in [1.54, 1.807) is 0 Å². The number of quaternary nitrogens is 1. The molecule has 0 bridgehead atoms. The van der Waals surface area contributed by atoms with Crippen molar-refractivity contribution in [2.75, 3.05) is 47.5 Å². The fourth-order valence-electron chi connectivity index (χ4n) is 13.6. The molecular formula is C98H175NO8. The molecule has 0 amide bonds. The summed E-state index contributed by atoms with van der Waals surface area (Å²) in [5.41, 5.74) is 0. The zero-order valence-corrected chi connectivity index (χ0v) is 71.3. The molecule has 0 saturated heterocycles. The van der Waals surface area contributed by atoms with Crippen LogP contribution >= 0.6 is 0 Å². The topological polar surface area (TPSA) is 111 Å². The van der Waals surface area contributed by atoms with E-state index in [0.29, 0.717) is 23.9 Å². The van der Waals surface area contributed by atoms with Crippen LogP contribution in [0.25, 0.3) is 0 Å². The Kier molecular flexibility index (Phi) is 84.2. The fraction of sp³-hybridized carbons (Fsp3) is 0.786. The van der Waals surface area contributed by atoms with E-state index in [1.165, 1.54) is 321 Å². The van der Waals surface area contributed by atoms with E-state index in [9.17, 15) is 19.5 Å². The van der Waals surface area contributed by atoms with Crippen molar-refractivity contribution in [1.29, 1.82) is 0 Å². The van der Waals surface area contributed by atoms with E-state index < -0.39 is 24.3 Å². The van der Waals surface area contributed by atoms with Crippen LogP contribution in [0, 0.1) is 0 Å². The summed E-state index contributed by atoms with van der Waals surface area (Å²) in [5, 5.41) is 11.9. The molecule has 0 aliphatic carbocycles. The number of ether oxygens (including phenoxy) is 4. The van der Waals surface area contributed by atoms with Crippen LogP contribution < -0.4 is 5.11 Å². The zero-order valence-electron chi connectivity index (χ0n) is 71.3. The number of esters is 2. The van der Waals surface area contributed by atoms with Gasteiger partial charge in [0, 0.05) is 12.8 Å². The maximum atomic E-state index is 13.0. The third-order valence-corrected chi connectivity index (χ3v) is 20.5. The molecule has 2 atom stereocenters. The molecule has 0 saturated carbocycles. The van der Waals surface area contributed by atoms with Gasteiger partial charge in [0.15, 0.2) is 12.4 Å². The van der Waals surface area contributed by atoms with Crippen LogP contribution in [0.15, 0.2) is 109 Å². The summed E-state index contributed by atoms with van der Waals surface area (Å²) < 4.78 is 22.9. The minimum Gasteiger partial charge on any atom is -0.545 e. The van der Waals surface area contributed by atoms with Gasteiger partial charge in [0.05, 0.1) is 40.3 Å². The highest BCUT2D eigenvalue weighted by molar-refractivity contribution is 5.70. The van der Waals surface area contributed by atoms with Crippen molar-refractivity contribution in [1.82, 2.24) is 0 Å². The SMILES string of the molecule is CC/C=C\C/C=C\C/C=C\C/C=C\C/C=C\C/C=C\C/C=C\CCCCCCCCCCCCCCCCCCCCCC(=O)OC(COC(=O)CCCCCCCCCCCCCCCCCCCCCCCCCCCCCCC/C=C\C/C=C\CCCCCCC)COC(OCC[N+](C)(C)C)C(=O)[O-]. The molecule has 0 fully saturated rings. The lowest BCUT2D eigenvalue weighted by molar-refractivity contribution is -0.870. The number of hydrogen-bond donors (Lipinski definition) is 0. The van der Waals surface area contributed by atoms with E-state index in [0.717, 1.165) is 83.5 Å². The van der Waals surface area contributed by atoms with Gasteiger partial charge in [-0.05, 0) is 103 Å². The second kappa shape index (κ2) is 87.5. The lowest BCUT2D eigenvalue weighted by atomic mass is 10.0. The Labute approximate surface area is 664 Å². The molecular weight excluding hydrogens is 1320 g/mol. The molecule has 0 heterocycles. The predicted molar refractivity (Wildman–Crippen MR) is 463 cm³/mol. The van der Waals surface area contributed by atoms with Gasteiger partial charge in [-0.2, -0.15) is 0 Å². The number of allylic oxidation sites excluding steroid dienone is 18. The standard InChI is InChI=1S/C98H175NO8/c1-6-8-10-12-14-16-18-20-22-24-26-28-30-32-34-36-38-40-42-44-46-48-50-52-54-56-58-60-62-64-66-68-70-72-74-76-78-80-82-84-86-88-95(100)105-92-94(93-106-98(97(102)103)104-91-90-99(3,4)5)107-96(101)89-87-85-83-81-79-77-75-73-71-69-67-65-63-61-59-57-55-53-51-49-47-45-43-41-39-37-35-33-31-29-27-25-23-21-19-17-15-13-11-9-7-2/h9,11,15,17-18,20-21,23-24,26-27,29,33,35,39,41,45,47,94,98H,6-8,10,12-14,16,19,22,25,28,30-32,34,36-38,40,42-44,46,48-93H2,1-5H3/b11-9-,17-15-,20-18-,23-21-,26-24-,29-27-,35-33-,41-39-,47-45-.